The second-order valence-electron chi connectivity index (χ2n) is 5.87. The third-order valence-corrected chi connectivity index (χ3v) is 4.14. The van der Waals surface area contributed by atoms with Crippen molar-refractivity contribution in [1.29, 1.82) is 0 Å². The van der Waals surface area contributed by atoms with Gasteiger partial charge in [0.2, 0.25) is 0 Å². The van der Waals surface area contributed by atoms with Crippen LogP contribution in [0.3, 0.4) is 0 Å². The first kappa shape index (κ1) is 15.1. The van der Waals surface area contributed by atoms with E-state index in [-0.39, 0.29) is 0 Å². The van der Waals surface area contributed by atoms with Gasteiger partial charge in [-0.25, -0.2) is 14.6 Å². The monoisotopic (exact) mass is 301 g/mol. The molecule has 0 aliphatic heterocycles. The van der Waals surface area contributed by atoms with Crippen LogP contribution in [0.15, 0.2) is 12.4 Å². The summed E-state index contributed by atoms with van der Waals surface area (Å²) in [5.74, 6) is 1.66. The van der Waals surface area contributed by atoms with Gasteiger partial charge in [-0.1, -0.05) is 19.3 Å². The Labute approximate surface area is 131 Å². The molecule has 0 bridgehead atoms. The van der Waals surface area contributed by atoms with Crippen molar-refractivity contribution in [3.8, 4) is 11.5 Å². The van der Waals surface area contributed by atoms with E-state index in [1.165, 1.54) is 32.1 Å². The van der Waals surface area contributed by atoms with Crippen molar-refractivity contribution in [2.45, 2.75) is 51.5 Å². The zero-order chi connectivity index (χ0) is 15.4. The molecule has 22 heavy (non-hydrogen) atoms. The Balaban J connectivity index is 1.94. The first-order valence-corrected chi connectivity index (χ1v) is 8.01. The Hall–Kier alpha value is -1.82. The quantitative estimate of drug-likeness (QED) is 0.849. The van der Waals surface area contributed by atoms with Crippen molar-refractivity contribution >= 4 is 0 Å². The first-order chi connectivity index (χ1) is 10.8. The van der Waals surface area contributed by atoms with Gasteiger partial charge in [0.25, 0.3) is 0 Å². The fraction of sp³-hybridized carbons (Fsp3) is 0.625. The molecule has 3 rings (SSSR count). The minimum atomic E-state index is 0.427. The van der Waals surface area contributed by atoms with Gasteiger partial charge in [-0.3, -0.25) is 4.98 Å². The number of aryl methyl sites for hydroxylation is 1. The van der Waals surface area contributed by atoms with E-state index in [1.54, 1.807) is 19.5 Å². The van der Waals surface area contributed by atoms with Crippen molar-refractivity contribution in [3.05, 3.63) is 23.9 Å². The lowest BCUT2D eigenvalue weighted by Gasteiger charge is -2.22. The Morgan fingerprint density at radius 1 is 1.18 bits per heavy atom. The molecule has 0 unspecified atom stereocenters. The molecule has 0 N–H and O–H groups in total. The largest absolute Gasteiger partial charge is 0.384 e. The van der Waals surface area contributed by atoms with Crippen LogP contribution in [0.25, 0.3) is 11.5 Å². The van der Waals surface area contributed by atoms with Gasteiger partial charge in [0.05, 0.1) is 24.5 Å². The molecular weight excluding hydrogens is 278 g/mol. The van der Waals surface area contributed by atoms with Crippen LogP contribution in [-0.2, 0) is 11.2 Å². The van der Waals surface area contributed by atoms with Crippen LogP contribution in [0.5, 0.6) is 0 Å². The van der Waals surface area contributed by atoms with Crippen LogP contribution in [-0.4, -0.2) is 38.4 Å². The van der Waals surface area contributed by atoms with Crippen molar-refractivity contribution in [3.63, 3.8) is 0 Å². The summed E-state index contributed by atoms with van der Waals surface area (Å²) in [5, 5.41) is 4.73. The lowest BCUT2D eigenvalue weighted by atomic mass is 9.95. The van der Waals surface area contributed by atoms with Crippen LogP contribution in [0.1, 0.15) is 49.7 Å². The van der Waals surface area contributed by atoms with Crippen LogP contribution >= 0.6 is 0 Å². The fourth-order valence-electron chi connectivity index (χ4n) is 2.93. The SMILES string of the molecule is COCCc1nc(-c2cnc(C)cn2)n(C2CCCCC2)n1. The van der Waals surface area contributed by atoms with E-state index in [0.717, 1.165) is 29.5 Å². The molecule has 0 amide bonds. The summed E-state index contributed by atoms with van der Waals surface area (Å²) in [5.41, 5.74) is 1.71. The van der Waals surface area contributed by atoms with Crippen molar-refractivity contribution < 1.29 is 4.74 Å². The number of hydrogen-bond donors (Lipinski definition) is 0. The minimum Gasteiger partial charge on any atom is -0.384 e. The predicted octanol–water partition coefficient (Wildman–Crippen LogP) is 2.74. The second-order valence-corrected chi connectivity index (χ2v) is 5.87. The molecule has 2 aromatic rings. The molecule has 1 aliphatic rings. The van der Waals surface area contributed by atoms with Gasteiger partial charge in [0.1, 0.15) is 5.69 Å². The molecule has 1 fully saturated rings. The van der Waals surface area contributed by atoms with E-state index in [4.69, 9.17) is 14.8 Å². The highest BCUT2D eigenvalue weighted by Gasteiger charge is 2.22. The Kier molecular flexibility index (Phi) is 4.77. The third kappa shape index (κ3) is 3.32. The van der Waals surface area contributed by atoms with E-state index >= 15 is 0 Å². The van der Waals surface area contributed by atoms with Gasteiger partial charge in [-0.2, -0.15) is 5.10 Å². The first-order valence-electron chi connectivity index (χ1n) is 8.01. The third-order valence-electron chi connectivity index (χ3n) is 4.14. The molecule has 118 valence electrons. The number of ether oxygens (including phenoxy) is 1. The summed E-state index contributed by atoms with van der Waals surface area (Å²) >= 11 is 0. The summed E-state index contributed by atoms with van der Waals surface area (Å²) in [4.78, 5) is 13.5. The maximum absolute atomic E-state index is 5.14. The fourth-order valence-corrected chi connectivity index (χ4v) is 2.93. The topological polar surface area (TPSA) is 65.7 Å². The van der Waals surface area contributed by atoms with Crippen LogP contribution in [0.2, 0.25) is 0 Å². The Bertz CT molecular complexity index is 601. The minimum absolute atomic E-state index is 0.427. The van der Waals surface area contributed by atoms with Gasteiger partial charge < -0.3 is 4.74 Å². The number of methoxy groups -OCH3 is 1. The molecule has 0 aromatic carbocycles. The van der Waals surface area contributed by atoms with E-state index in [2.05, 4.69) is 14.6 Å². The van der Waals surface area contributed by atoms with E-state index < -0.39 is 0 Å². The maximum Gasteiger partial charge on any atom is 0.178 e. The van der Waals surface area contributed by atoms with E-state index in [0.29, 0.717) is 12.6 Å². The summed E-state index contributed by atoms with van der Waals surface area (Å²) in [7, 11) is 1.70. The lowest BCUT2D eigenvalue weighted by Crippen LogP contribution is -2.16. The highest BCUT2D eigenvalue weighted by Crippen LogP contribution is 2.30. The Morgan fingerprint density at radius 3 is 2.68 bits per heavy atom. The normalized spacial score (nSPS) is 16.1. The van der Waals surface area contributed by atoms with Gasteiger partial charge in [0.15, 0.2) is 11.6 Å². The molecule has 1 aliphatic carbocycles. The predicted molar refractivity (Wildman–Crippen MR) is 83.5 cm³/mol. The van der Waals surface area contributed by atoms with Crippen molar-refractivity contribution in [1.82, 2.24) is 24.7 Å². The molecule has 0 radical (unpaired) electrons. The van der Waals surface area contributed by atoms with Gasteiger partial charge in [-0.05, 0) is 19.8 Å². The second kappa shape index (κ2) is 6.96. The summed E-state index contributed by atoms with van der Waals surface area (Å²) in [6, 6.07) is 0.427. The molecule has 1 saturated carbocycles. The number of nitrogens with zero attached hydrogens (tertiary/aromatic N) is 5. The molecule has 0 spiro atoms. The van der Waals surface area contributed by atoms with Gasteiger partial charge >= 0.3 is 0 Å². The van der Waals surface area contributed by atoms with Crippen molar-refractivity contribution in [2.24, 2.45) is 0 Å². The number of rotatable bonds is 5. The maximum atomic E-state index is 5.14. The lowest BCUT2D eigenvalue weighted by molar-refractivity contribution is 0.200. The summed E-state index contributed by atoms with van der Waals surface area (Å²) in [6.07, 6.45) is 10.5. The molecule has 6 nitrogen and oxygen atoms in total. The zero-order valence-electron chi connectivity index (χ0n) is 13.3. The van der Waals surface area contributed by atoms with Gasteiger partial charge in [-0.15, -0.1) is 0 Å². The molecule has 2 aromatic heterocycles. The van der Waals surface area contributed by atoms with Crippen LogP contribution in [0, 0.1) is 6.92 Å². The van der Waals surface area contributed by atoms with Gasteiger partial charge in [0, 0.05) is 19.7 Å². The zero-order valence-corrected chi connectivity index (χ0v) is 13.3. The average molecular weight is 301 g/mol. The summed E-state index contributed by atoms with van der Waals surface area (Å²) < 4.78 is 7.22. The highest BCUT2D eigenvalue weighted by atomic mass is 16.5. The number of aromatic nitrogens is 5. The van der Waals surface area contributed by atoms with E-state index in [1.807, 2.05) is 6.92 Å². The molecule has 6 heteroatoms. The number of hydrogen-bond acceptors (Lipinski definition) is 5. The van der Waals surface area contributed by atoms with Crippen molar-refractivity contribution in [2.75, 3.05) is 13.7 Å². The molecule has 2 heterocycles. The Morgan fingerprint density at radius 2 is 2.00 bits per heavy atom. The van der Waals surface area contributed by atoms with E-state index in [9.17, 15) is 0 Å². The molecule has 0 atom stereocenters. The summed E-state index contributed by atoms with van der Waals surface area (Å²) in [6.45, 7) is 2.57. The highest BCUT2D eigenvalue weighted by molar-refractivity contribution is 5.47. The standard InChI is InChI=1S/C16H23N5O/c1-12-10-18-14(11-17-12)16-19-15(8-9-22-2)20-21(16)13-6-4-3-5-7-13/h10-11,13H,3-9H2,1-2H3. The average Bonchev–Trinajstić information content (AvgIpc) is 2.98. The van der Waals surface area contributed by atoms with Crippen LogP contribution in [0.4, 0.5) is 0 Å². The smallest absolute Gasteiger partial charge is 0.178 e. The molecular formula is C16H23N5O. The molecule has 0 saturated heterocycles. The van der Waals surface area contributed by atoms with Crippen LogP contribution < -0.4 is 0 Å².